The summed E-state index contributed by atoms with van der Waals surface area (Å²) < 4.78 is 0. The molecule has 0 radical (unpaired) electrons. The van der Waals surface area contributed by atoms with E-state index in [2.05, 4.69) is 15.0 Å². The first-order valence-corrected chi connectivity index (χ1v) is 7.53. The normalized spacial score (nSPS) is 10.8. The molecule has 0 aliphatic heterocycles. The molecule has 0 bridgehead atoms. The number of rotatable bonds is 2. The van der Waals surface area contributed by atoms with Crippen molar-refractivity contribution in [2.75, 3.05) is 0 Å². The van der Waals surface area contributed by atoms with Crippen LogP contribution < -0.4 is 0 Å². The molecule has 0 unspecified atom stereocenters. The third-order valence-electron chi connectivity index (χ3n) is 2.79. The molecule has 6 heteroatoms. The summed E-state index contributed by atoms with van der Waals surface area (Å²) in [5.74, 6) is 0.442. The number of benzene rings is 1. The molecule has 3 nitrogen and oxygen atoms in total. The van der Waals surface area contributed by atoms with Gasteiger partial charge in [-0.25, -0.2) is 15.0 Å². The zero-order chi connectivity index (χ0) is 14.1. The van der Waals surface area contributed by atoms with Crippen LogP contribution in [-0.4, -0.2) is 15.0 Å². The van der Waals surface area contributed by atoms with Crippen LogP contribution in [0.1, 0.15) is 5.56 Å². The predicted octanol–water partition coefficient (Wildman–Crippen LogP) is 4.88. The highest BCUT2D eigenvalue weighted by atomic mass is 35.5. The van der Waals surface area contributed by atoms with Crippen molar-refractivity contribution in [3.63, 3.8) is 0 Å². The van der Waals surface area contributed by atoms with Crippen LogP contribution in [0, 0.1) is 6.92 Å². The summed E-state index contributed by atoms with van der Waals surface area (Å²) in [6.07, 6.45) is 0. The zero-order valence-electron chi connectivity index (χ0n) is 10.5. The largest absolute Gasteiger partial charge is 0.241 e. The van der Waals surface area contributed by atoms with Gasteiger partial charge in [-0.2, -0.15) is 0 Å². The molecular formula is C14H9Cl2N3S. The van der Waals surface area contributed by atoms with E-state index in [1.807, 2.05) is 36.6 Å². The Hall–Kier alpha value is -1.49. The van der Waals surface area contributed by atoms with E-state index in [4.69, 9.17) is 23.2 Å². The molecule has 0 atom stereocenters. The van der Waals surface area contributed by atoms with Crippen LogP contribution in [0.2, 0.25) is 10.3 Å². The topological polar surface area (TPSA) is 38.7 Å². The number of hydrogen-bond donors (Lipinski definition) is 0. The molecule has 100 valence electrons. The van der Waals surface area contributed by atoms with E-state index in [-0.39, 0.29) is 0 Å². The van der Waals surface area contributed by atoms with Crippen LogP contribution in [0.3, 0.4) is 0 Å². The highest BCUT2D eigenvalue weighted by molar-refractivity contribution is 7.07. The monoisotopic (exact) mass is 321 g/mol. The van der Waals surface area contributed by atoms with E-state index in [1.54, 1.807) is 5.51 Å². The summed E-state index contributed by atoms with van der Waals surface area (Å²) in [6.45, 7) is 2.01. The summed E-state index contributed by atoms with van der Waals surface area (Å²) >= 11 is 14.0. The lowest BCUT2D eigenvalue weighted by Crippen LogP contribution is -1.95. The SMILES string of the molecule is Cc1cccc(-c2c(Cl)nc(-c3cscn3)nc2Cl)c1. The molecule has 2 heterocycles. The first-order valence-electron chi connectivity index (χ1n) is 5.84. The van der Waals surface area contributed by atoms with Gasteiger partial charge in [-0.3, -0.25) is 0 Å². The molecule has 2 aromatic heterocycles. The van der Waals surface area contributed by atoms with Gasteiger partial charge in [0.1, 0.15) is 16.0 Å². The summed E-state index contributed by atoms with van der Waals surface area (Å²) in [7, 11) is 0. The van der Waals surface area contributed by atoms with Gasteiger partial charge in [-0.05, 0) is 12.5 Å². The van der Waals surface area contributed by atoms with Gasteiger partial charge in [0.2, 0.25) is 0 Å². The van der Waals surface area contributed by atoms with Gasteiger partial charge in [-0.1, -0.05) is 53.0 Å². The Bertz CT molecular complexity index is 734. The van der Waals surface area contributed by atoms with Gasteiger partial charge in [0.25, 0.3) is 0 Å². The molecule has 20 heavy (non-hydrogen) atoms. The summed E-state index contributed by atoms with van der Waals surface area (Å²) in [4.78, 5) is 12.8. The van der Waals surface area contributed by atoms with E-state index in [9.17, 15) is 0 Å². The highest BCUT2D eigenvalue weighted by Gasteiger charge is 2.15. The van der Waals surface area contributed by atoms with Crippen molar-refractivity contribution in [3.8, 4) is 22.6 Å². The lowest BCUT2D eigenvalue weighted by atomic mass is 10.1. The first-order chi connectivity index (χ1) is 9.65. The average Bonchev–Trinajstić information content (AvgIpc) is 2.91. The van der Waals surface area contributed by atoms with Crippen LogP contribution in [0.5, 0.6) is 0 Å². The Labute approximate surface area is 130 Å². The Morgan fingerprint density at radius 3 is 2.45 bits per heavy atom. The maximum atomic E-state index is 6.28. The van der Waals surface area contributed by atoms with E-state index in [1.165, 1.54) is 11.3 Å². The first kappa shape index (κ1) is 13.5. The lowest BCUT2D eigenvalue weighted by Gasteiger charge is -2.08. The molecule has 0 N–H and O–H groups in total. The van der Waals surface area contributed by atoms with Crippen molar-refractivity contribution in [3.05, 3.63) is 51.0 Å². The third kappa shape index (κ3) is 2.54. The molecule has 0 amide bonds. The van der Waals surface area contributed by atoms with Gasteiger partial charge in [0, 0.05) is 5.38 Å². The Morgan fingerprint density at radius 2 is 1.85 bits per heavy atom. The van der Waals surface area contributed by atoms with Crippen LogP contribution in [0.15, 0.2) is 35.2 Å². The molecule has 0 spiro atoms. The molecule has 3 rings (SSSR count). The van der Waals surface area contributed by atoms with Crippen molar-refractivity contribution in [2.24, 2.45) is 0 Å². The van der Waals surface area contributed by atoms with Gasteiger partial charge < -0.3 is 0 Å². The van der Waals surface area contributed by atoms with Crippen molar-refractivity contribution >= 4 is 34.5 Å². The Balaban J connectivity index is 2.14. The summed E-state index contributed by atoms with van der Waals surface area (Å²) in [5, 5.41) is 2.52. The van der Waals surface area contributed by atoms with Gasteiger partial charge in [0.05, 0.1) is 11.1 Å². The Kier molecular flexibility index (Phi) is 3.70. The number of aromatic nitrogens is 3. The standard InChI is InChI=1S/C14H9Cl2N3S/c1-8-3-2-4-9(5-8)11-12(15)18-14(19-13(11)16)10-6-20-7-17-10/h2-7H,1H3. The number of aryl methyl sites for hydroxylation is 1. The number of thiazole rings is 1. The lowest BCUT2D eigenvalue weighted by molar-refractivity contribution is 1.15. The smallest absolute Gasteiger partial charge is 0.181 e. The maximum Gasteiger partial charge on any atom is 0.181 e. The van der Waals surface area contributed by atoms with Crippen molar-refractivity contribution in [1.82, 2.24) is 15.0 Å². The molecule has 0 aliphatic carbocycles. The number of nitrogens with zero attached hydrogens (tertiary/aromatic N) is 3. The molecule has 0 saturated carbocycles. The molecule has 3 aromatic rings. The van der Waals surface area contributed by atoms with Crippen LogP contribution >= 0.6 is 34.5 Å². The number of hydrogen-bond acceptors (Lipinski definition) is 4. The molecule has 0 fully saturated rings. The molecular weight excluding hydrogens is 313 g/mol. The fourth-order valence-corrected chi connectivity index (χ4v) is 3.02. The van der Waals surface area contributed by atoms with Crippen molar-refractivity contribution < 1.29 is 0 Å². The quantitative estimate of drug-likeness (QED) is 0.631. The fourth-order valence-electron chi connectivity index (χ4n) is 1.88. The second kappa shape index (κ2) is 5.48. The summed E-state index contributed by atoms with van der Waals surface area (Å²) in [5.41, 5.74) is 5.07. The van der Waals surface area contributed by atoms with E-state index < -0.39 is 0 Å². The van der Waals surface area contributed by atoms with E-state index in [0.717, 1.165) is 11.1 Å². The maximum absolute atomic E-state index is 6.28. The minimum absolute atomic E-state index is 0.332. The second-order valence-electron chi connectivity index (χ2n) is 4.25. The summed E-state index contributed by atoms with van der Waals surface area (Å²) in [6, 6.07) is 7.90. The van der Waals surface area contributed by atoms with Crippen LogP contribution in [-0.2, 0) is 0 Å². The van der Waals surface area contributed by atoms with E-state index >= 15 is 0 Å². The average molecular weight is 322 g/mol. The molecule has 0 saturated heterocycles. The number of halogens is 2. The minimum Gasteiger partial charge on any atom is -0.241 e. The van der Waals surface area contributed by atoms with Gasteiger partial charge in [0.15, 0.2) is 5.82 Å². The zero-order valence-corrected chi connectivity index (χ0v) is 12.8. The van der Waals surface area contributed by atoms with Crippen LogP contribution in [0.25, 0.3) is 22.6 Å². The third-order valence-corrected chi connectivity index (χ3v) is 3.92. The minimum atomic E-state index is 0.332. The second-order valence-corrected chi connectivity index (χ2v) is 5.68. The fraction of sp³-hybridized carbons (Fsp3) is 0.0714. The molecule has 0 aliphatic rings. The van der Waals surface area contributed by atoms with Gasteiger partial charge >= 0.3 is 0 Å². The van der Waals surface area contributed by atoms with Gasteiger partial charge in [-0.15, -0.1) is 11.3 Å². The Morgan fingerprint density at radius 1 is 1.10 bits per heavy atom. The van der Waals surface area contributed by atoms with Crippen LogP contribution in [0.4, 0.5) is 0 Å². The highest BCUT2D eigenvalue weighted by Crippen LogP contribution is 2.34. The predicted molar refractivity (Wildman–Crippen MR) is 83.3 cm³/mol. The van der Waals surface area contributed by atoms with Crippen molar-refractivity contribution in [1.29, 1.82) is 0 Å². The molecule has 1 aromatic carbocycles. The van der Waals surface area contributed by atoms with E-state index in [0.29, 0.717) is 27.4 Å². The van der Waals surface area contributed by atoms with Crippen molar-refractivity contribution in [2.45, 2.75) is 6.92 Å².